The first kappa shape index (κ1) is 18.0. The van der Waals surface area contributed by atoms with E-state index in [1.807, 2.05) is 36.7 Å². The molecular formula is C18H15Cl2N3OS. The topological polar surface area (TPSA) is 47.8 Å². The molecule has 0 fully saturated rings. The fraction of sp³-hybridized carbons (Fsp3) is 0.167. The van der Waals surface area contributed by atoms with Crippen LogP contribution in [-0.2, 0) is 7.05 Å². The SMILES string of the molecule is Cc1cccc(-c2nnc(SCC(=O)c3ccc(Cl)c(Cl)c3)n2C)c1. The van der Waals surface area contributed by atoms with E-state index in [2.05, 4.69) is 16.3 Å². The Labute approximate surface area is 160 Å². The molecule has 0 amide bonds. The molecule has 0 bridgehead atoms. The van der Waals surface area contributed by atoms with Crippen molar-refractivity contribution in [3.8, 4) is 11.4 Å². The number of carbonyl (C=O) groups is 1. The second-order valence-electron chi connectivity index (χ2n) is 5.58. The summed E-state index contributed by atoms with van der Waals surface area (Å²) in [6, 6.07) is 12.9. The first-order chi connectivity index (χ1) is 12.0. The minimum absolute atomic E-state index is 0.0383. The van der Waals surface area contributed by atoms with E-state index in [0.717, 1.165) is 17.0 Å². The number of halogens is 2. The first-order valence-electron chi connectivity index (χ1n) is 7.53. The van der Waals surface area contributed by atoms with Crippen molar-refractivity contribution in [3.63, 3.8) is 0 Å². The summed E-state index contributed by atoms with van der Waals surface area (Å²) in [7, 11) is 1.89. The van der Waals surface area contributed by atoms with E-state index in [-0.39, 0.29) is 11.5 Å². The number of benzene rings is 2. The molecule has 0 aliphatic heterocycles. The Hall–Kier alpha value is -1.82. The number of aryl methyl sites for hydroxylation is 1. The van der Waals surface area contributed by atoms with E-state index in [4.69, 9.17) is 23.2 Å². The highest BCUT2D eigenvalue weighted by molar-refractivity contribution is 7.99. The van der Waals surface area contributed by atoms with Crippen molar-refractivity contribution in [2.75, 3.05) is 5.75 Å². The van der Waals surface area contributed by atoms with Gasteiger partial charge in [-0.05, 0) is 31.2 Å². The van der Waals surface area contributed by atoms with Gasteiger partial charge >= 0.3 is 0 Å². The summed E-state index contributed by atoms with van der Waals surface area (Å²) in [5.41, 5.74) is 2.69. The molecule has 1 heterocycles. The molecule has 25 heavy (non-hydrogen) atoms. The Morgan fingerprint density at radius 2 is 1.92 bits per heavy atom. The van der Waals surface area contributed by atoms with Gasteiger partial charge in [0.2, 0.25) is 0 Å². The van der Waals surface area contributed by atoms with Gasteiger partial charge in [-0.2, -0.15) is 0 Å². The highest BCUT2D eigenvalue weighted by atomic mass is 35.5. The molecule has 0 N–H and O–H groups in total. The number of hydrogen-bond acceptors (Lipinski definition) is 4. The lowest BCUT2D eigenvalue weighted by molar-refractivity contribution is 0.102. The van der Waals surface area contributed by atoms with Crippen LogP contribution in [0.25, 0.3) is 11.4 Å². The summed E-state index contributed by atoms with van der Waals surface area (Å²) in [4.78, 5) is 12.3. The number of nitrogens with zero attached hydrogens (tertiary/aromatic N) is 3. The Balaban J connectivity index is 1.74. The maximum atomic E-state index is 12.3. The quantitative estimate of drug-likeness (QED) is 0.449. The predicted molar refractivity (Wildman–Crippen MR) is 103 cm³/mol. The van der Waals surface area contributed by atoms with Gasteiger partial charge in [0.25, 0.3) is 0 Å². The van der Waals surface area contributed by atoms with E-state index in [0.29, 0.717) is 20.8 Å². The molecule has 0 radical (unpaired) electrons. The number of rotatable bonds is 5. The molecule has 7 heteroatoms. The Morgan fingerprint density at radius 3 is 2.64 bits per heavy atom. The standard InChI is InChI=1S/C18H15Cl2N3OS/c1-11-4-3-5-13(8-11)17-21-22-18(23(17)2)25-10-16(24)12-6-7-14(19)15(20)9-12/h3-9H,10H2,1-2H3. The highest BCUT2D eigenvalue weighted by Gasteiger charge is 2.14. The van der Waals surface area contributed by atoms with Crippen LogP contribution in [0.5, 0.6) is 0 Å². The van der Waals surface area contributed by atoms with Gasteiger partial charge in [-0.1, -0.05) is 58.7 Å². The van der Waals surface area contributed by atoms with Gasteiger partial charge in [-0.15, -0.1) is 10.2 Å². The maximum Gasteiger partial charge on any atom is 0.191 e. The van der Waals surface area contributed by atoms with Crippen molar-refractivity contribution < 1.29 is 4.79 Å². The van der Waals surface area contributed by atoms with Crippen LogP contribution in [0.1, 0.15) is 15.9 Å². The van der Waals surface area contributed by atoms with Crippen LogP contribution in [-0.4, -0.2) is 26.3 Å². The molecule has 128 valence electrons. The lowest BCUT2D eigenvalue weighted by Crippen LogP contribution is -2.04. The monoisotopic (exact) mass is 391 g/mol. The maximum absolute atomic E-state index is 12.3. The van der Waals surface area contributed by atoms with E-state index >= 15 is 0 Å². The third kappa shape index (κ3) is 4.06. The van der Waals surface area contributed by atoms with Gasteiger partial charge in [-0.25, -0.2) is 0 Å². The average molecular weight is 392 g/mol. The van der Waals surface area contributed by atoms with Crippen LogP contribution >= 0.6 is 35.0 Å². The van der Waals surface area contributed by atoms with E-state index in [1.54, 1.807) is 18.2 Å². The molecule has 0 unspecified atom stereocenters. The van der Waals surface area contributed by atoms with E-state index < -0.39 is 0 Å². The number of thioether (sulfide) groups is 1. The number of carbonyl (C=O) groups excluding carboxylic acids is 1. The van der Waals surface area contributed by atoms with E-state index in [9.17, 15) is 4.79 Å². The number of aromatic nitrogens is 3. The van der Waals surface area contributed by atoms with Crippen molar-refractivity contribution in [3.05, 3.63) is 63.6 Å². The number of ketones is 1. The Kier molecular flexibility index (Phi) is 5.47. The van der Waals surface area contributed by atoms with E-state index in [1.165, 1.54) is 11.8 Å². The zero-order valence-electron chi connectivity index (χ0n) is 13.7. The van der Waals surface area contributed by atoms with Crippen LogP contribution in [0.15, 0.2) is 47.6 Å². The smallest absolute Gasteiger partial charge is 0.191 e. The summed E-state index contributed by atoms with van der Waals surface area (Å²) < 4.78 is 1.89. The van der Waals surface area contributed by atoms with Crippen molar-refractivity contribution in [1.29, 1.82) is 0 Å². The predicted octanol–water partition coefficient (Wildman–Crippen LogP) is 5.07. The Morgan fingerprint density at radius 1 is 1.12 bits per heavy atom. The normalized spacial score (nSPS) is 10.9. The van der Waals surface area contributed by atoms with Crippen LogP contribution in [0.2, 0.25) is 10.0 Å². The number of hydrogen-bond donors (Lipinski definition) is 0. The summed E-state index contributed by atoms with van der Waals surface area (Å²) >= 11 is 13.2. The van der Waals surface area contributed by atoms with Gasteiger partial charge in [-0.3, -0.25) is 4.79 Å². The first-order valence-corrected chi connectivity index (χ1v) is 9.27. The summed E-state index contributed by atoms with van der Waals surface area (Å²) in [5, 5.41) is 9.93. The van der Waals surface area contributed by atoms with Gasteiger partial charge in [0.1, 0.15) is 0 Å². The minimum Gasteiger partial charge on any atom is -0.305 e. The van der Waals surface area contributed by atoms with Crippen molar-refractivity contribution in [2.45, 2.75) is 12.1 Å². The zero-order valence-corrected chi connectivity index (χ0v) is 16.0. The molecule has 2 aromatic carbocycles. The molecular weight excluding hydrogens is 377 g/mol. The van der Waals surface area contributed by atoms with Crippen molar-refractivity contribution >= 4 is 40.7 Å². The second-order valence-corrected chi connectivity index (χ2v) is 7.33. The second kappa shape index (κ2) is 7.60. The van der Waals surface area contributed by atoms with Crippen LogP contribution in [0.4, 0.5) is 0 Å². The van der Waals surface area contributed by atoms with Gasteiger partial charge in [0.05, 0.1) is 15.8 Å². The molecule has 0 atom stereocenters. The average Bonchev–Trinajstić information content (AvgIpc) is 2.96. The zero-order chi connectivity index (χ0) is 18.0. The minimum atomic E-state index is -0.0383. The summed E-state index contributed by atoms with van der Waals surface area (Å²) in [6.45, 7) is 2.03. The fourth-order valence-corrected chi connectivity index (χ4v) is 3.46. The molecule has 0 saturated carbocycles. The van der Waals surface area contributed by atoms with Crippen molar-refractivity contribution in [2.24, 2.45) is 7.05 Å². The lowest BCUT2D eigenvalue weighted by Gasteiger charge is -2.05. The summed E-state index contributed by atoms with van der Waals surface area (Å²) in [5.74, 6) is 0.981. The third-order valence-corrected chi connectivity index (χ3v) is 5.44. The molecule has 0 spiro atoms. The molecule has 1 aromatic heterocycles. The van der Waals surface area contributed by atoms with Gasteiger partial charge in [0.15, 0.2) is 16.8 Å². The van der Waals surface area contributed by atoms with Crippen LogP contribution in [0, 0.1) is 6.92 Å². The Bertz CT molecular complexity index is 940. The molecule has 0 aliphatic carbocycles. The molecule has 0 aliphatic rings. The largest absolute Gasteiger partial charge is 0.305 e. The molecule has 4 nitrogen and oxygen atoms in total. The third-order valence-electron chi connectivity index (χ3n) is 3.69. The molecule has 3 rings (SSSR count). The van der Waals surface area contributed by atoms with Gasteiger partial charge in [0, 0.05) is 18.2 Å². The van der Waals surface area contributed by atoms with Gasteiger partial charge < -0.3 is 4.57 Å². The number of Topliss-reactive ketones (excluding diaryl/α,β-unsaturated/α-hetero) is 1. The fourth-order valence-electron chi connectivity index (χ4n) is 2.36. The van der Waals surface area contributed by atoms with Crippen molar-refractivity contribution in [1.82, 2.24) is 14.8 Å². The van der Waals surface area contributed by atoms with Crippen LogP contribution in [0.3, 0.4) is 0 Å². The highest BCUT2D eigenvalue weighted by Crippen LogP contribution is 2.26. The lowest BCUT2D eigenvalue weighted by atomic mass is 10.1. The molecule has 3 aromatic rings. The molecule has 0 saturated heterocycles. The van der Waals surface area contributed by atoms with Crippen LogP contribution < -0.4 is 0 Å². The summed E-state index contributed by atoms with van der Waals surface area (Å²) in [6.07, 6.45) is 0.